The van der Waals surface area contributed by atoms with Crippen LogP contribution in [0.2, 0.25) is 0 Å². The SMILES string of the molecule is Cc1ccc(-c2ccc(N3C(=O)N(C)Cc4cnc5cccnc5c43)cc2C(F)(F)F)cn1. The summed E-state index contributed by atoms with van der Waals surface area (Å²) in [5.41, 5.74) is 2.45. The average Bonchev–Trinajstić information content (AvgIpc) is 2.79. The highest BCUT2D eigenvalue weighted by molar-refractivity contribution is 6.08. The molecule has 0 aliphatic carbocycles. The summed E-state index contributed by atoms with van der Waals surface area (Å²) < 4.78 is 42.4. The predicted octanol–water partition coefficient (Wildman–Crippen LogP) is 5.72. The van der Waals surface area contributed by atoms with Gasteiger partial charge in [0.1, 0.15) is 5.52 Å². The summed E-state index contributed by atoms with van der Waals surface area (Å²) in [6.07, 6.45) is -0.0215. The Kier molecular flexibility index (Phi) is 4.77. The van der Waals surface area contributed by atoms with E-state index in [-0.39, 0.29) is 17.8 Å². The van der Waals surface area contributed by atoms with Gasteiger partial charge in [-0.1, -0.05) is 12.1 Å². The first-order chi connectivity index (χ1) is 15.7. The number of aryl methyl sites for hydroxylation is 1. The van der Waals surface area contributed by atoms with Gasteiger partial charge in [-0.25, -0.2) is 4.79 Å². The summed E-state index contributed by atoms with van der Waals surface area (Å²) in [4.78, 5) is 28.8. The predicted molar refractivity (Wildman–Crippen MR) is 118 cm³/mol. The summed E-state index contributed by atoms with van der Waals surface area (Å²) in [6, 6.07) is 10.2. The molecule has 0 saturated carbocycles. The molecule has 1 aliphatic rings. The Morgan fingerprint density at radius 3 is 2.55 bits per heavy atom. The van der Waals surface area contributed by atoms with Crippen molar-refractivity contribution in [3.8, 4) is 11.1 Å². The number of nitrogens with zero attached hydrogens (tertiary/aromatic N) is 5. The van der Waals surface area contributed by atoms with Gasteiger partial charge >= 0.3 is 12.2 Å². The molecule has 0 fully saturated rings. The third kappa shape index (κ3) is 3.55. The Morgan fingerprint density at radius 1 is 1.00 bits per heavy atom. The van der Waals surface area contributed by atoms with Crippen molar-refractivity contribution in [2.45, 2.75) is 19.6 Å². The van der Waals surface area contributed by atoms with E-state index < -0.39 is 17.8 Å². The number of aromatic nitrogens is 3. The van der Waals surface area contributed by atoms with E-state index in [9.17, 15) is 18.0 Å². The molecule has 0 bridgehead atoms. The second-order valence-electron chi connectivity index (χ2n) is 7.89. The van der Waals surface area contributed by atoms with Crippen molar-refractivity contribution < 1.29 is 18.0 Å². The van der Waals surface area contributed by atoms with Crippen molar-refractivity contribution in [2.75, 3.05) is 11.9 Å². The van der Waals surface area contributed by atoms with Gasteiger partial charge in [0.05, 0.1) is 29.0 Å². The number of halogens is 3. The van der Waals surface area contributed by atoms with Crippen LogP contribution in [0.25, 0.3) is 22.2 Å². The number of anilines is 2. The van der Waals surface area contributed by atoms with Crippen molar-refractivity contribution in [3.63, 3.8) is 0 Å². The molecule has 3 aromatic heterocycles. The minimum atomic E-state index is -4.64. The van der Waals surface area contributed by atoms with E-state index in [1.807, 2.05) is 0 Å². The van der Waals surface area contributed by atoms with E-state index >= 15 is 0 Å². The first-order valence-corrected chi connectivity index (χ1v) is 10.2. The van der Waals surface area contributed by atoms with Gasteiger partial charge < -0.3 is 4.90 Å². The molecule has 2 amide bonds. The van der Waals surface area contributed by atoms with Crippen molar-refractivity contribution in [1.29, 1.82) is 0 Å². The lowest BCUT2D eigenvalue weighted by molar-refractivity contribution is -0.137. The Hall–Kier alpha value is -4.01. The molecular formula is C24H18F3N5O. The number of urea groups is 1. The number of rotatable bonds is 2. The fourth-order valence-corrected chi connectivity index (χ4v) is 4.02. The van der Waals surface area contributed by atoms with Crippen LogP contribution >= 0.6 is 0 Å². The number of alkyl halides is 3. The first kappa shape index (κ1) is 20.9. The maximum atomic E-state index is 14.1. The summed E-state index contributed by atoms with van der Waals surface area (Å²) >= 11 is 0. The van der Waals surface area contributed by atoms with Gasteiger partial charge in [-0.15, -0.1) is 0 Å². The lowest BCUT2D eigenvalue weighted by Gasteiger charge is -2.35. The molecule has 166 valence electrons. The third-order valence-corrected chi connectivity index (χ3v) is 5.61. The Balaban J connectivity index is 1.74. The van der Waals surface area contributed by atoms with Gasteiger partial charge in [0.15, 0.2) is 0 Å². The van der Waals surface area contributed by atoms with Crippen LogP contribution in [-0.4, -0.2) is 32.9 Å². The van der Waals surface area contributed by atoms with Gasteiger partial charge in [0, 0.05) is 42.5 Å². The van der Waals surface area contributed by atoms with Crippen molar-refractivity contribution in [2.24, 2.45) is 0 Å². The Bertz CT molecular complexity index is 1390. The van der Waals surface area contributed by atoms with E-state index in [1.54, 1.807) is 50.6 Å². The number of pyridine rings is 3. The average molecular weight is 449 g/mol. The van der Waals surface area contributed by atoms with Crippen LogP contribution in [0.15, 0.2) is 61.1 Å². The zero-order chi connectivity index (χ0) is 23.3. The molecule has 0 atom stereocenters. The van der Waals surface area contributed by atoms with Crippen LogP contribution < -0.4 is 4.90 Å². The number of benzene rings is 1. The molecule has 0 N–H and O–H groups in total. The molecule has 0 radical (unpaired) electrons. The Morgan fingerprint density at radius 2 is 1.82 bits per heavy atom. The van der Waals surface area contributed by atoms with E-state index in [2.05, 4.69) is 15.0 Å². The fourth-order valence-electron chi connectivity index (χ4n) is 4.02. The van der Waals surface area contributed by atoms with Gasteiger partial charge in [-0.3, -0.25) is 19.9 Å². The van der Waals surface area contributed by atoms with Crippen molar-refractivity contribution >= 4 is 28.4 Å². The normalized spacial score (nSPS) is 14.0. The molecule has 0 spiro atoms. The first-order valence-electron chi connectivity index (χ1n) is 10.2. The molecule has 0 unspecified atom stereocenters. The van der Waals surface area contributed by atoms with Crippen LogP contribution in [0.3, 0.4) is 0 Å². The largest absolute Gasteiger partial charge is 0.417 e. The lowest BCUT2D eigenvalue weighted by Crippen LogP contribution is -2.42. The van der Waals surface area contributed by atoms with Crippen LogP contribution in [0.1, 0.15) is 16.8 Å². The topological polar surface area (TPSA) is 62.2 Å². The van der Waals surface area contributed by atoms with E-state index in [0.29, 0.717) is 33.5 Å². The number of carbonyl (C=O) groups excluding carboxylic acids is 1. The Labute approximate surface area is 187 Å². The van der Waals surface area contributed by atoms with Crippen molar-refractivity contribution in [3.05, 3.63) is 77.9 Å². The second kappa shape index (κ2) is 7.54. The standard InChI is InChI=1S/C24H18F3N5O/c1-14-5-6-15(11-29-14)18-8-7-17(10-19(18)24(25,26)27)32-22-16(13-31(2)23(32)33)12-30-20-4-3-9-28-21(20)22/h3-12H,13H2,1-2H3. The summed E-state index contributed by atoms with van der Waals surface area (Å²) in [5, 5.41) is 0. The van der Waals surface area contributed by atoms with Gasteiger partial charge in [0.25, 0.3) is 0 Å². The molecule has 5 rings (SSSR count). The van der Waals surface area contributed by atoms with Gasteiger partial charge in [-0.2, -0.15) is 13.2 Å². The molecule has 6 nitrogen and oxygen atoms in total. The quantitative estimate of drug-likeness (QED) is 0.393. The summed E-state index contributed by atoms with van der Waals surface area (Å²) in [6.45, 7) is 2.05. The number of carbonyl (C=O) groups is 1. The smallest absolute Gasteiger partial charge is 0.323 e. The zero-order valence-electron chi connectivity index (χ0n) is 17.8. The number of fused-ring (bicyclic) bond motifs is 3. The van der Waals surface area contributed by atoms with E-state index in [1.165, 1.54) is 28.1 Å². The van der Waals surface area contributed by atoms with Crippen LogP contribution in [0.4, 0.5) is 29.3 Å². The van der Waals surface area contributed by atoms with E-state index in [0.717, 1.165) is 6.07 Å². The molecule has 4 aromatic rings. The van der Waals surface area contributed by atoms with Gasteiger partial charge in [0.2, 0.25) is 0 Å². The summed E-state index contributed by atoms with van der Waals surface area (Å²) in [7, 11) is 1.60. The molecular weight excluding hydrogens is 431 g/mol. The molecule has 0 saturated heterocycles. The number of hydrogen-bond donors (Lipinski definition) is 0. The highest BCUT2D eigenvalue weighted by atomic mass is 19.4. The van der Waals surface area contributed by atoms with Crippen LogP contribution in [-0.2, 0) is 12.7 Å². The molecule has 1 aromatic carbocycles. The second-order valence-corrected chi connectivity index (χ2v) is 7.89. The van der Waals surface area contributed by atoms with Crippen LogP contribution in [0, 0.1) is 6.92 Å². The maximum Gasteiger partial charge on any atom is 0.417 e. The number of hydrogen-bond acceptors (Lipinski definition) is 4. The fraction of sp³-hybridized carbons (Fsp3) is 0.167. The maximum absolute atomic E-state index is 14.1. The molecule has 33 heavy (non-hydrogen) atoms. The third-order valence-electron chi connectivity index (χ3n) is 5.61. The van der Waals surface area contributed by atoms with E-state index in [4.69, 9.17) is 0 Å². The van der Waals surface area contributed by atoms with Gasteiger partial charge in [-0.05, 0) is 42.8 Å². The minimum absolute atomic E-state index is 0.00509. The monoisotopic (exact) mass is 449 g/mol. The molecule has 9 heteroatoms. The highest BCUT2D eigenvalue weighted by Crippen LogP contribution is 2.43. The molecule has 4 heterocycles. The number of amides is 2. The zero-order valence-corrected chi connectivity index (χ0v) is 17.8. The lowest BCUT2D eigenvalue weighted by atomic mass is 9.98. The highest BCUT2D eigenvalue weighted by Gasteiger charge is 2.37. The van der Waals surface area contributed by atoms with Crippen LogP contribution in [0.5, 0.6) is 0 Å². The summed E-state index contributed by atoms with van der Waals surface area (Å²) in [5.74, 6) is 0. The minimum Gasteiger partial charge on any atom is -0.323 e. The van der Waals surface area contributed by atoms with Crippen molar-refractivity contribution in [1.82, 2.24) is 19.9 Å². The molecule has 1 aliphatic heterocycles.